The first-order valence-corrected chi connectivity index (χ1v) is 6.66. The van der Waals surface area contributed by atoms with E-state index in [4.69, 9.17) is 5.73 Å². The lowest BCUT2D eigenvalue weighted by Crippen LogP contribution is -2.41. The van der Waals surface area contributed by atoms with E-state index in [1.54, 1.807) is 12.1 Å². The van der Waals surface area contributed by atoms with Gasteiger partial charge in [-0.15, -0.1) is 0 Å². The molecule has 2 aliphatic rings. The summed E-state index contributed by atoms with van der Waals surface area (Å²) in [6.07, 6.45) is 3.04. The van der Waals surface area contributed by atoms with Gasteiger partial charge in [-0.25, -0.2) is 5.43 Å². The summed E-state index contributed by atoms with van der Waals surface area (Å²) in [7, 11) is 0. The number of nitrogens with zero attached hydrogens (tertiary/aromatic N) is 1. The zero-order chi connectivity index (χ0) is 13.4. The van der Waals surface area contributed by atoms with E-state index in [2.05, 4.69) is 10.9 Å². The predicted octanol–water partition coefficient (Wildman–Crippen LogP) is 1.24. The third kappa shape index (κ3) is 2.34. The fraction of sp³-hybridized carbons (Fsp3) is 0.538. The Morgan fingerprint density at radius 3 is 2.95 bits per heavy atom. The van der Waals surface area contributed by atoms with E-state index in [-0.39, 0.29) is 22.7 Å². The maximum absolute atomic E-state index is 10.8. The molecule has 0 bridgehead atoms. The second kappa shape index (κ2) is 4.88. The molecule has 19 heavy (non-hydrogen) atoms. The maximum atomic E-state index is 10.8. The Morgan fingerprint density at radius 1 is 1.32 bits per heavy atom. The van der Waals surface area contributed by atoms with E-state index in [9.17, 15) is 10.1 Å². The largest absolute Gasteiger partial charge is 0.328 e. The number of hydrazine groups is 1. The molecule has 1 heterocycles. The summed E-state index contributed by atoms with van der Waals surface area (Å²) in [5.74, 6) is 0.460. The van der Waals surface area contributed by atoms with Crippen molar-refractivity contribution < 1.29 is 4.92 Å². The first-order chi connectivity index (χ1) is 9.15. The van der Waals surface area contributed by atoms with Crippen molar-refractivity contribution in [3.63, 3.8) is 0 Å². The number of non-ortho nitro benzene ring substituents is 1. The molecular formula is C13H18N4O2. The molecule has 1 saturated carbocycles. The maximum Gasteiger partial charge on any atom is 0.269 e. The van der Waals surface area contributed by atoms with Crippen molar-refractivity contribution >= 4 is 5.69 Å². The second-order valence-electron chi connectivity index (χ2n) is 5.46. The van der Waals surface area contributed by atoms with E-state index in [1.807, 2.05) is 6.07 Å². The summed E-state index contributed by atoms with van der Waals surface area (Å²) in [6, 6.07) is 7.65. The van der Waals surface area contributed by atoms with E-state index < -0.39 is 0 Å². The third-order valence-electron chi connectivity index (χ3n) is 4.24. The molecule has 102 valence electrons. The number of rotatable bonds is 2. The molecule has 0 aromatic heterocycles. The molecule has 2 fully saturated rings. The summed E-state index contributed by atoms with van der Waals surface area (Å²) in [5.41, 5.74) is 13.7. The molecule has 1 aliphatic carbocycles. The van der Waals surface area contributed by atoms with E-state index in [1.165, 1.54) is 6.07 Å². The lowest BCUT2D eigenvalue weighted by molar-refractivity contribution is -0.384. The fourth-order valence-corrected chi connectivity index (χ4v) is 3.26. The SMILES string of the molecule is NC1CCC2C(C1)NNC2c1cccc([N+](=O)[O-])c1. The highest BCUT2D eigenvalue weighted by molar-refractivity contribution is 5.36. The van der Waals surface area contributed by atoms with Gasteiger partial charge in [0, 0.05) is 24.2 Å². The van der Waals surface area contributed by atoms with Crippen LogP contribution in [0.1, 0.15) is 30.9 Å². The van der Waals surface area contributed by atoms with Crippen LogP contribution < -0.4 is 16.6 Å². The van der Waals surface area contributed by atoms with Gasteiger partial charge in [0.2, 0.25) is 0 Å². The van der Waals surface area contributed by atoms with Crippen molar-refractivity contribution in [2.24, 2.45) is 11.7 Å². The normalized spacial score (nSPS) is 33.9. The van der Waals surface area contributed by atoms with Gasteiger partial charge in [0.25, 0.3) is 5.69 Å². The smallest absolute Gasteiger partial charge is 0.269 e. The van der Waals surface area contributed by atoms with Gasteiger partial charge in [-0.2, -0.15) is 0 Å². The number of benzene rings is 1. The highest BCUT2D eigenvalue weighted by Gasteiger charge is 2.40. The number of hydrogen-bond donors (Lipinski definition) is 3. The van der Waals surface area contributed by atoms with Crippen LogP contribution in [0.3, 0.4) is 0 Å². The van der Waals surface area contributed by atoms with Crippen LogP contribution in [0.5, 0.6) is 0 Å². The molecular weight excluding hydrogens is 244 g/mol. The molecule has 4 N–H and O–H groups in total. The summed E-state index contributed by atoms with van der Waals surface area (Å²) < 4.78 is 0. The quantitative estimate of drug-likeness (QED) is 0.551. The minimum atomic E-state index is -0.347. The van der Waals surface area contributed by atoms with Crippen LogP contribution in [0.15, 0.2) is 24.3 Å². The van der Waals surface area contributed by atoms with Crippen molar-refractivity contribution in [3.8, 4) is 0 Å². The van der Waals surface area contributed by atoms with Crippen molar-refractivity contribution in [2.75, 3.05) is 0 Å². The van der Waals surface area contributed by atoms with Gasteiger partial charge in [-0.05, 0) is 30.7 Å². The van der Waals surface area contributed by atoms with Crippen LogP contribution in [0.25, 0.3) is 0 Å². The Morgan fingerprint density at radius 2 is 2.16 bits per heavy atom. The standard InChI is InChI=1S/C13H18N4O2/c14-9-4-5-11-12(7-9)15-16-13(11)8-2-1-3-10(6-8)17(18)19/h1-3,6,9,11-13,15-16H,4-5,7,14H2. The Kier molecular flexibility index (Phi) is 3.22. The van der Waals surface area contributed by atoms with Crippen LogP contribution in [-0.2, 0) is 0 Å². The highest BCUT2D eigenvalue weighted by Crippen LogP contribution is 2.38. The van der Waals surface area contributed by atoms with Gasteiger partial charge >= 0.3 is 0 Å². The van der Waals surface area contributed by atoms with Crippen molar-refractivity contribution in [1.82, 2.24) is 10.9 Å². The zero-order valence-electron chi connectivity index (χ0n) is 10.6. The molecule has 1 aromatic rings. The minimum absolute atomic E-state index is 0.136. The van der Waals surface area contributed by atoms with Crippen LogP contribution in [0.4, 0.5) is 5.69 Å². The number of hydrogen-bond acceptors (Lipinski definition) is 5. The van der Waals surface area contributed by atoms with Crippen LogP contribution in [0, 0.1) is 16.0 Å². The summed E-state index contributed by atoms with van der Waals surface area (Å²) in [5, 5.41) is 10.8. The van der Waals surface area contributed by atoms with E-state index in [0.717, 1.165) is 24.8 Å². The predicted molar refractivity (Wildman–Crippen MR) is 71.2 cm³/mol. The summed E-state index contributed by atoms with van der Waals surface area (Å²) >= 11 is 0. The number of nitro benzene ring substituents is 1. The summed E-state index contributed by atoms with van der Waals surface area (Å²) in [4.78, 5) is 10.5. The lowest BCUT2D eigenvalue weighted by Gasteiger charge is -2.31. The Balaban J connectivity index is 1.83. The number of nitrogens with one attached hydrogen (secondary N) is 2. The molecule has 0 spiro atoms. The highest BCUT2D eigenvalue weighted by atomic mass is 16.6. The van der Waals surface area contributed by atoms with Gasteiger partial charge in [-0.1, -0.05) is 12.1 Å². The zero-order valence-corrected chi connectivity index (χ0v) is 10.6. The Hall–Kier alpha value is -1.50. The monoisotopic (exact) mass is 262 g/mol. The average molecular weight is 262 g/mol. The lowest BCUT2D eigenvalue weighted by atomic mass is 9.78. The first kappa shape index (κ1) is 12.5. The van der Waals surface area contributed by atoms with E-state index >= 15 is 0 Å². The van der Waals surface area contributed by atoms with Crippen LogP contribution in [0.2, 0.25) is 0 Å². The first-order valence-electron chi connectivity index (χ1n) is 6.66. The topological polar surface area (TPSA) is 93.2 Å². The number of fused-ring (bicyclic) bond motifs is 1. The fourth-order valence-electron chi connectivity index (χ4n) is 3.26. The van der Waals surface area contributed by atoms with Crippen molar-refractivity contribution in [1.29, 1.82) is 0 Å². The molecule has 4 atom stereocenters. The van der Waals surface area contributed by atoms with Gasteiger partial charge in [0.05, 0.1) is 11.0 Å². The molecule has 1 aliphatic heterocycles. The minimum Gasteiger partial charge on any atom is -0.328 e. The third-order valence-corrected chi connectivity index (χ3v) is 4.24. The van der Waals surface area contributed by atoms with Gasteiger partial charge in [-0.3, -0.25) is 15.5 Å². The van der Waals surface area contributed by atoms with Crippen LogP contribution in [-0.4, -0.2) is 17.0 Å². The molecule has 6 nitrogen and oxygen atoms in total. The molecule has 0 radical (unpaired) electrons. The molecule has 1 saturated heterocycles. The van der Waals surface area contributed by atoms with Crippen molar-refractivity contribution in [3.05, 3.63) is 39.9 Å². The molecule has 4 unspecified atom stereocenters. The molecule has 3 rings (SSSR count). The van der Waals surface area contributed by atoms with Gasteiger partial charge in [0.15, 0.2) is 0 Å². The van der Waals surface area contributed by atoms with Gasteiger partial charge < -0.3 is 5.73 Å². The molecule has 1 aromatic carbocycles. The summed E-state index contributed by atoms with van der Waals surface area (Å²) in [6.45, 7) is 0. The van der Waals surface area contributed by atoms with E-state index in [0.29, 0.717) is 12.0 Å². The van der Waals surface area contributed by atoms with Gasteiger partial charge in [0.1, 0.15) is 0 Å². The number of nitro groups is 1. The Bertz CT molecular complexity index is 493. The molecule has 0 amide bonds. The average Bonchev–Trinajstić information content (AvgIpc) is 2.81. The number of nitrogens with two attached hydrogens (primary N) is 1. The van der Waals surface area contributed by atoms with Crippen LogP contribution >= 0.6 is 0 Å². The Labute approximate surface area is 111 Å². The van der Waals surface area contributed by atoms with Crippen molar-refractivity contribution in [2.45, 2.75) is 37.4 Å². The second-order valence-corrected chi connectivity index (χ2v) is 5.46. The molecule has 6 heteroatoms.